The Morgan fingerprint density at radius 1 is 1.04 bits per heavy atom. The molecule has 0 aromatic heterocycles. The zero-order valence-electron chi connectivity index (χ0n) is 14.2. The zero-order chi connectivity index (χ0) is 16.4. The van der Waals surface area contributed by atoms with Gasteiger partial charge in [-0.1, -0.05) is 12.8 Å². The molecule has 3 atom stereocenters. The molecule has 2 N–H and O–H groups in total. The lowest BCUT2D eigenvalue weighted by molar-refractivity contribution is -0.0861. The molecule has 5 heteroatoms. The fourth-order valence-corrected chi connectivity index (χ4v) is 4.25. The number of piperidine rings is 1. The van der Waals surface area contributed by atoms with Gasteiger partial charge in [0.05, 0.1) is 26.9 Å². The third-order valence-electron chi connectivity index (χ3n) is 5.44. The molecule has 1 aromatic carbocycles. The topological polar surface area (TPSA) is 60.0 Å². The van der Waals surface area contributed by atoms with Crippen molar-refractivity contribution in [2.75, 3.05) is 27.9 Å². The Kier molecular flexibility index (Phi) is 4.69. The molecule has 1 aromatic rings. The van der Waals surface area contributed by atoms with Crippen molar-refractivity contribution in [1.29, 1.82) is 0 Å². The van der Waals surface area contributed by atoms with Gasteiger partial charge in [-0.15, -0.1) is 0 Å². The lowest BCUT2D eigenvalue weighted by Crippen LogP contribution is -2.53. The average Bonchev–Trinajstić information content (AvgIpc) is 2.59. The highest BCUT2D eigenvalue weighted by Crippen LogP contribution is 2.48. The second-order valence-corrected chi connectivity index (χ2v) is 6.60. The average molecular weight is 321 g/mol. The van der Waals surface area contributed by atoms with E-state index in [1.165, 1.54) is 6.42 Å². The summed E-state index contributed by atoms with van der Waals surface area (Å²) < 4.78 is 16.4. The fourth-order valence-electron chi connectivity index (χ4n) is 4.25. The van der Waals surface area contributed by atoms with Crippen LogP contribution in [0.15, 0.2) is 12.1 Å². The number of methoxy groups -OCH3 is 3. The zero-order valence-corrected chi connectivity index (χ0v) is 14.2. The van der Waals surface area contributed by atoms with Crippen molar-refractivity contribution in [3.05, 3.63) is 17.7 Å². The first-order chi connectivity index (χ1) is 11.1. The van der Waals surface area contributed by atoms with E-state index in [-0.39, 0.29) is 12.0 Å². The number of rotatable bonds is 4. The third-order valence-corrected chi connectivity index (χ3v) is 5.44. The van der Waals surface area contributed by atoms with Gasteiger partial charge in [0.2, 0.25) is 5.75 Å². The normalized spacial score (nSPS) is 30.4. The minimum absolute atomic E-state index is 0.114. The number of nitrogens with one attached hydrogen (secondary N) is 1. The smallest absolute Gasteiger partial charge is 0.203 e. The highest BCUT2D eigenvalue weighted by molar-refractivity contribution is 5.54. The van der Waals surface area contributed by atoms with Crippen LogP contribution < -0.4 is 19.5 Å². The largest absolute Gasteiger partial charge is 0.493 e. The predicted octanol–water partition coefficient (Wildman–Crippen LogP) is 2.67. The maximum absolute atomic E-state index is 11.0. The van der Waals surface area contributed by atoms with E-state index < -0.39 is 5.60 Å². The Morgan fingerprint density at radius 2 is 1.74 bits per heavy atom. The van der Waals surface area contributed by atoms with E-state index in [0.717, 1.165) is 37.8 Å². The minimum Gasteiger partial charge on any atom is -0.493 e. The van der Waals surface area contributed by atoms with Crippen LogP contribution in [0, 0.1) is 5.92 Å². The van der Waals surface area contributed by atoms with Crippen LogP contribution >= 0.6 is 0 Å². The SMILES string of the molecule is COc1cc([C@@H]2NCC[C@@]3(O)CCCC[C@H]23)cc(OC)c1OC. The van der Waals surface area contributed by atoms with Crippen LogP contribution in [0.4, 0.5) is 0 Å². The van der Waals surface area contributed by atoms with E-state index in [0.29, 0.717) is 17.2 Å². The molecule has 128 valence electrons. The molecule has 1 aliphatic heterocycles. The summed E-state index contributed by atoms with van der Waals surface area (Å²) in [6.45, 7) is 0.828. The molecule has 0 bridgehead atoms. The Hall–Kier alpha value is -1.46. The molecule has 0 radical (unpaired) electrons. The van der Waals surface area contributed by atoms with Crippen LogP contribution in [-0.2, 0) is 0 Å². The van der Waals surface area contributed by atoms with E-state index in [4.69, 9.17) is 14.2 Å². The van der Waals surface area contributed by atoms with Gasteiger partial charge in [-0.3, -0.25) is 0 Å². The molecule has 0 spiro atoms. The van der Waals surface area contributed by atoms with Gasteiger partial charge >= 0.3 is 0 Å². The summed E-state index contributed by atoms with van der Waals surface area (Å²) in [6, 6.07) is 4.11. The van der Waals surface area contributed by atoms with Crippen LogP contribution in [0.1, 0.15) is 43.7 Å². The second kappa shape index (κ2) is 6.57. The van der Waals surface area contributed by atoms with Crippen molar-refractivity contribution in [3.8, 4) is 17.2 Å². The molecule has 5 nitrogen and oxygen atoms in total. The summed E-state index contributed by atoms with van der Waals surface area (Å²) >= 11 is 0. The summed E-state index contributed by atoms with van der Waals surface area (Å²) in [5.74, 6) is 2.16. The van der Waals surface area contributed by atoms with E-state index >= 15 is 0 Å². The maximum Gasteiger partial charge on any atom is 0.203 e. The molecule has 1 saturated heterocycles. The Balaban J connectivity index is 2.00. The summed E-state index contributed by atoms with van der Waals surface area (Å²) in [5, 5.41) is 14.6. The number of aliphatic hydroxyl groups is 1. The number of ether oxygens (including phenoxy) is 3. The van der Waals surface area contributed by atoms with Gasteiger partial charge in [0.25, 0.3) is 0 Å². The monoisotopic (exact) mass is 321 g/mol. The summed E-state index contributed by atoms with van der Waals surface area (Å²) in [6.07, 6.45) is 5.08. The first-order valence-corrected chi connectivity index (χ1v) is 8.38. The maximum atomic E-state index is 11.0. The van der Waals surface area contributed by atoms with Crippen molar-refractivity contribution in [2.24, 2.45) is 5.92 Å². The van der Waals surface area contributed by atoms with Crippen molar-refractivity contribution in [2.45, 2.75) is 43.7 Å². The molecule has 0 amide bonds. The van der Waals surface area contributed by atoms with Crippen molar-refractivity contribution >= 4 is 0 Å². The van der Waals surface area contributed by atoms with Gasteiger partial charge in [0, 0.05) is 12.0 Å². The highest BCUT2D eigenvalue weighted by Gasteiger charge is 2.46. The standard InChI is InChI=1S/C18H27NO4/c1-21-14-10-12(11-15(22-2)17(14)23-3)16-13-6-4-5-7-18(13,20)8-9-19-16/h10-11,13,16,19-20H,4-9H2,1-3H3/t13-,16+,18+/m1/s1. The number of benzene rings is 1. The third kappa shape index (κ3) is 2.88. The predicted molar refractivity (Wildman–Crippen MR) is 88.4 cm³/mol. The molecule has 23 heavy (non-hydrogen) atoms. The second-order valence-electron chi connectivity index (χ2n) is 6.60. The molecule has 1 heterocycles. The van der Waals surface area contributed by atoms with Gasteiger partial charge < -0.3 is 24.6 Å². The molecule has 2 fully saturated rings. The minimum atomic E-state index is -0.547. The highest BCUT2D eigenvalue weighted by atomic mass is 16.5. The van der Waals surface area contributed by atoms with Gasteiger partial charge in [0.15, 0.2) is 11.5 Å². The molecule has 0 unspecified atom stereocenters. The van der Waals surface area contributed by atoms with Crippen LogP contribution in [0.3, 0.4) is 0 Å². The molecule has 1 aliphatic carbocycles. The van der Waals surface area contributed by atoms with Gasteiger partial charge in [0.1, 0.15) is 0 Å². The molecule has 1 saturated carbocycles. The quantitative estimate of drug-likeness (QED) is 0.893. The van der Waals surface area contributed by atoms with E-state index in [2.05, 4.69) is 5.32 Å². The van der Waals surface area contributed by atoms with Gasteiger partial charge in [-0.2, -0.15) is 0 Å². The lowest BCUT2D eigenvalue weighted by atomic mass is 9.67. The first-order valence-electron chi connectivity index (χ1n) is 8.38. The van der Waals surface area contributed by atoms with Crippen molar-refractivity contribution < 1.29 is 19.3 Å². The van der Waals surface area contributed by atoms with Crippen molar-refractivity contribution in [3.63, 3.8) is 0 Å². The van der Waals surface area contributed by atoms with E-state index in [1.54, 1.807) is 21.3 Å². The Labute approximate surface area is 137 Å². The summed E-state index contributed by atoms with van der Waals surface area (Å²) in [5.41, 5.74) is 0.540. The van der Waals surface area contributed by atoms with E-state index in [1.807, 2.05) is 12.1 Å². The number of hydrogen-bond acceptors (Lipinski definition) is 5. The summed E-state index contributed by atoms with van der Waals surface area (Å²) in [7, 11) is 4.87. The van der Waals surface area contributed by atoms with Crippen LogP contribution in [-0.4, -0.2) is 38.6 Å². The lowest BCUT2D eigenvalue weighted by Gasteiger charge is -2.48. The van der Waals surface area contributed by atoms with Gasteiger partial charge in [-0.05, 0) is 43.5 Å². The molecule has 3 rings (SSSR count). The van der Waals surface area contributed by atoms with E-state index in [9.17, 15) is 5.11 Å². The number of hydrogen-bond donors (Lipinski definition) is 2. The fraction of sp³-hybridized carbons (Fsp3) is 0.667. The molecular weight excluding hydrogens is 294 g/mol. The van der Waals surface area contributed by atoms with Crippen LogP contribution in [0.2, 0.25) is 0 Å². The van der Waals surface area contributed by atoms with Crippen LogP contribution in [0.5, 0.6) is 17.2 Å². The van der Waals surface area contributed by atoms with Crippen molar-refractivity contribution in [1.82, 2.24) is 5.32 Å². The molecular formula is C18H27NO4. The first kappa shape index (κ1) is 16.4. The molecule has 2 aliphatic rings. The Morgan fingerprint density at radius 3 is 2.35 bits per heavy atom. The van der Waals surface area contributed by atoms with Crippen LogP contribution in [0.25, 0.3) is 0 Å². The summed E-state index contributed by atoms with van der Waals surface area (Å²) in [4.78, 5) is 0. The Bertz CT molecular complexity index is 533. The van der Waals surface area contributed by atoms with Gasteiger partial charge in [-0.25, -0.2) is 0 Å². The number of fused-ring (bicyclic) bond motifs is 1.